The Bertz CT molecular complexity index is 235. The second-order valence-corrected chi connectivity index (χ2v) is 4.92. The van der Waals surface area contributed by atoms with E-state index in [2.05, 4.69) is 13.0 Å². The molecule has 1 nitrogen and oxygen atoms in total. The number of rotatable bonds is 6. The molecule has 0 aliphatic rings. The molecular weight excluding hydrogens is 192 g/mol. The predicted molar refractivity (Wildman–Crippen MR) is 60.7 cm³/mol. The van der Waals surface area contributed by atoms with E-state index in [0.29, 0.717) is 0 Å². The van der Waals surface area contributed by atoms with E-state index in [1.165, 1.54) is 19.3 Å². The second kappa shape index (κ2) is 6.91. The Morgan fingerprint density at radius 1 is 1.21 bits per heavy atom. The minimum Gasteiger partial charge on any atom is -0.611 e. The molecule has 0 fully saturated rings. The Kier molecular flexibility index (Phi) is 5.72. The monoisotopic (exact) mass is 209 g/mol. The molecule has 0 saturated heterocycles. The van der Waals surface area contributed by atoms with Crippen molar-refractivity contribution >= 4 is 11.2 Å². The van der Waals surface area contributed by atoms with Crippen molar-refractivity contribution in [2.24, 2.45) is 0 Å². The summed E-state index contributed by atoms with van der Waals surface area (Å²) in [6, 6.07) is 10.3. The van der Waals surface area contributed by atoms with Crippen LogP contribution in [0.1, 0.15) is 32.6 Å². The molecule has 0 spiro atoms. The van der Waals surface area contributed by atoms with Crippen LogP contribution in [-0.4, -0.2) is 10.3 Å². The maximum absolute atomic E-state index is 11.7. The molecule has 1 aromatic carbocycles. The van der Waals surface area contributed by atoms with Crippen LogP contribution in [0.4, 0.5) is 0 Å². The molecule has 1 rings (SSSR count). The van der Waals surface area contributed by atoms with E-state index in [1.54, 1.807) is 0 Å². The molecule has 77 valence electrons. The van der Waals surface area contributed by atoms with E-state index < -0.39 is 11.2 Å². The van der Waals surface area contributed by atoms with Gasteiger partial charge in [-0.25, -0.2) is 0 Å². The molecule has 0 aliphatic carbocycles. The quantitative estimate of drug-likeness (QED) is 0.521. The van der Waals surface area contributed by atoms with Gasteiger partial charge in [-0.1, -0.05) is 19.8 Å². The zero-order chi connectivity index (χ0) is 10.2. The summed E-state index contributed by atoms with van der Waals surface area (Å²) >= 11 is -0.807. The van der Waals surface area contributed by atoms with Crippen LogP contribution in [0.5, 0.6) is 0 Å². The average molecular weight is 209 g/mol. The maximum Gasteiger partial charge on any atom is 0.152 e. The van der Waals surface area contributed by atoms with Crippen molar-refractivity contribution in [1.29, 1.82) is 0 Å². The van der Waals surface area contributed by atoms with Gasteiger partial charge in [-0.05, 0) is 54.3 Å². The normalized spacial score (nSPS) is 12.7. The zero-order valence-corrected chi connectivity index (χ0v) is 9.48. The van der Waals surface area contributed by atoms with Crippen LogP contribution in [0.15, 0.2) is 29.2 Å². The molecular formula is C12H17OS. The smallest absolute Gasteiger partial charge is 0.152 e. The highest BCUT2D eigenvalue weighted by Crippen LogP contribution is 2.12. The first-order valence-electron chi connectivity index (χ1n) is 5.19. The summed E-state index contributed by atoms with van der Waals surface area (Å²) in [7, 11) is 0. The van der Waals surface area contributed by atoms with Crippen LogP contribution < -0.4 is 0 Å². The summed E-state index contributed by atoms with van der Waals surface area (Å²) in [6.45, 7) is 2.18. The fourth-order valence-corrected chi connectivity index (χ4v) is 2.44. The first-order chi connectivity index (χ1) is 6.84. The number of benzene rings is 1. The number of hydrogen-bond acceptors (Lipinski definition) is 1. The summed E-state index contributed by atoms with van der Waals surface area (Å²) in [5.41, 5.74) is 0. The predicted octanol–water partition coefficient (Wildman–Crippen LogP) is 3.17. The van der Waals surface area contributed by atoms with Gasteiger partial charge in [0.05, 0.1) is 0 Å². The van der Waals surface area contributed by atoms with Gasteiger partial charge >= 0.3 is 0 Å². The van der Waals surface area contributed by atoms with Crippen molar-refractivity contribution in [3.63, 3.8) is 0 Å². The Morgan fingerprint density at radius 2 is 1.93 bits per heavy atom. The van der Waals surface area contributed by atoms with Crippen LogP contribution >= 0.6 is 0 Å². The summed E-state index contributed by atoms with van der Waals surface area (Å²) in [4.78, 5) is 0.931. The van der Waals surface area contributed by atoms with Gasteiger partial charge in [-0.2, -0.15) is 0 Å². The minimum atomic E-state index is -0.807. The highest BCUT2D eigenvalue weighted by atomic mass is 32.2. The minimum absolute atomic E-state index is 0.796. The molecule has 0 heterocycles. The van der Waals surface area contributed by atoms with Crippen LogP contribution in [0.3, 0.4) is 0 Å². The lowest BCUT2D eigenvalue weighted by Crippen LogP contribution is -2.06. The molecule has 1 atom stereocenters. The Balaban J connectivity index is 2.25. The molecule has 14 heavy (non-hydrogen) atoms. The fraction of sp³-hybridized carbons (Fsp3) is 0.500. The van der Waals surface area contributed by atoms with Gasteiger partial charge in [0.2, 0.25) is 0 Å². The molecule has 1 aromatic rings. The summed E-state index contributed by atoms with van der Waals surface area (Å²) in [6.07, 6.45) is 4.74. The summed E-state index contributed by atoms with van der Waals surface area (Å²) in [5, 5.41) is 0. The fourth-order valence-electron chi connectivity index (χ4n) is 1.30. The molecule has 2 heteroatoms. The van der Waals surface area contributed by atoms with E-state index >= 15 is 0 Å². The second-order valence-electron chi connectivity index (χ2n) is 3.35. The molecule has 0 saturated carbocycles. The summed E-state index contributed by atoms with van der Waals surface area (Å²) < 4.78 is 11.7. The lowest BCUT2D eigenvalue weighted by molar-refractivity contribution is 0.588. The summed E-state index contributed by atoms with van der Waals surface area (Å²) in [5.74, 6) is 0.796. The SMILES string of the molecule is CCCCCC[S+]([O-])c1cc[c]cc1. The van der Waals surface area contributed by atoms with Crippen molar-refractivity contribution in [2.75, 3.05) is 5.75 Å². The lowest BCUT2D eigenvalue weighted by atomic mass is 10.2. The Morgan fingerprint density at radius 3 is 2.57 bits per heavy atom. The Hall–Kier alpha value is -0.470. The van der Waals surface area contributed by atoms with Crippen molar-refractivity contribution in [3.05, 3.63) is 30.3 Å². The first kappa shape index (κ1) is 11.6. The van der Waals surface area contributed by atoms with Gasteiger partial charge in [0.25, 0.3) is 0 Å². The largest absolute Gasteiger partial charge is 0.611 e. The van der Waals surface area contributed by atoms with E-state index in [0.717, 1.165) is 17.1 Å². The molecule has 0 bridgehead atoms. The van der Waals surface area contributed by atoms with Gasteiger partial charge in [-0.3, -0.25) is 0 Å². The highest BCUT2D eigenvalue weighted by molar-refractivity contribution is 7.91. The molecule has 1 unspecified atom stereocenters. The topological polar surface area (TPSA) is 23.1 Å². The molecule has 1 radical (unpaired) electrons. The van der Waals surface area contributed by atoms with Crippen molar-refractivity contribution in [2.45, 2.75) is 37.5 Å². The third-order valence-corrected chi connectivity index (χ3v) is 3.59. The molecule has 0 N–H and O–H groups in total. The van der Waals surface area contributed by atoms with Gasteiger partial charge < -0.3 is 4.55 Å². The highest BCUT2D eigenvalue weighted by Gasteiger charge is 2.08. The number of unbranched alkanes of at least 4 members (excludes halogenated alkanes) is 3. The van der Waals surface area contributed by atoms with Crippen LogP contribution in [0.25, 0.3) is 0 Å². The molecule has 0 amide bonds. The van der Waals surface area contributed by atoms with Crippen LogP contribution in [-0.2, 0) is 11.2 Å². The zero-order valence-electron chi connectivity index (χ0n) is 8.66. The lowest BCUT2D eigenvalue weighted by Gasteiger charge is -2.09. The van der Waals surface area contributed by atoms with Gasteiger partial charge in [0.1, 0.15) is 5.75 Å². The van der Waals surface area contributed by atoms with Crippen molar-refractivity contribution in [3.8, 4) is 0 Å². The third-order valence-electron chi connectivity index (χ3n) is 2.13. The molecule has 0 aromatic heterocycles. The standard InChI is InChI=1S/C12H17OS/c1-2-3-4-8-11-14(13)12-9-6-5-7-10-12/h6-7,9-10H,2-4,8,11H2,1H3. The van der Waals surface area contributed by atoms with Gasteiger partial charge in [0, 0.05) is 0 Å². The van der Waals surface area contributed by atoms with E-state index in [-0.39, 0.29) is 0 Å². The first-order valence-corrected chi connectivity index (χ1v) is 6.51. The van der Waals surface area contributed by atoms with E-state index in [1.807, 2.05) is 24.3 Å². The number of hydrogen-bond donors (Lipinski definition) is 0. The maximum atomic E-state index is 11.7. The van der Waals surface area contributed by atoms with Crippen molar-refractivity contribution in [1.82, 2.24) is 0 Å². The van der Waals surface area contributed by atoms with E-state index in [9.17, 15) is 4.55 Å². The van der Waals surface area contributed by atoms with Gasteiger partial charge in [0.15, 0.2) is 4.90 Å². The van der Waals surface area contributed by atoms with Crippen LogP contribution in [0, 0.1) is 6.07 Å². The van der Waals surface area contributed by atoms with Crippen molar-refractivity contribution < 1.29 is 4.55 Å². The van der Waals surface area contributed by atoms with E-state index in [4.69, 9.17) is 0 Å². The average Bonchev–Trinajstić information content (AvgIpc) is 2.25. The van der Waals surface area contributed by atoms with Gasteiger partial charge in [-0.15, -0.1) is 0 Å². The molecule has 0 aliphatic heterocycles. The van der Waals surface area contributed by atoms with Crippen LogP contribution in [0.2, 0.25) is 0 Å². The Labute approximate surface area is 89.7 Å². The third kappa shape index (κ3) is 4.16.